The molecule has 0 bridgehead atoms. The lowest BCUT2D eigenvalue weighted by molar-refractivity contribution is 0.664. The van der Waals surface area contributed by atoms with E-state index in [1.807, 2.05) is 0 Å². The lowest BCUT2D eigenvalue weighted by Gasteiger charge is -2.12. The minimum atomic E-state index is 0.663. The minimum Gasteiger partial charge on any atom is -0.456 e. The zero-order chi connectivity index (χ0) is 30.6. The maximum absolute atomic E-state index is 6.64. The molecule has 0 aliphatic rings. The second-order valence-corrected chi connectivity index (χ2v) is 13.2. The Morgan fingerprint density at radius 1 is 0.511 bits per heavy atom. The summed E-state index contributed by atoms with van der Waals surface area (Å²) in [5.41, 5.74) is 9.20. The fraction of sp³-hybridized carbons (Fsp3) is 0. The number of nitrogens with zero attached hydrogens (tertiary/aromatic N) is 3. The van der Waals surface area contributed by atoms with Gasteiger partial charge in [-0.3, -0.25) is 4.57 Å². The van der Waals surface area contributed by atoms with Gasteiger partial charge in [0, 0.05) is 37.2 Å². The van der Waals surface area contributed by atoms with Gasteiger partial charge >= 0.3 is 0 Å². The van der Waals surface area contributed by atoms with Gasteiger partial charge in [-0.1, -0.05) is 103 Å². The molecule has 4 aromatic heterocycles. The fourth-order valence-corrected chi connectivity index (χ4v) is 8.69. The lowest BCUT2D eigenvalue weighted by atomic mass is 10.00. The van der Waals surface area contributed by atoms with Gasteiger partial charge in [-0.2, -0.15) is 0 Å². The Hall–Kier alpha value is -6.04. The highest BCUT2D eigenvalue weighted by Crippen LogP contribution is 2.45. The molecule has 11 aromatic rings. The van der Waals surface area contributed by atoms with E-state index in [2.05, 4.69) is 144 Å². The lowest BCUT2D eigenvalue weighted by Crippen LogP contribution is -2.03. The van der Waals surface area contributed by atoms with Gasteiger partial charge in [0.15, 0.2) is 0 Å². The summed E-state index contributed by atoms with van der Waals surface area (Å²) >= 11 is 1.76. The van der Waals surface area contributed by atoms with E-state index in [9.17, 15) is 0 Å². The molecular formula is C42H23N3OS. The highest BCUT2D eigenvalue weighted by Gasteiger charge is 2.24. The zero-order valence-corrected chi connectivity index (χ0v) is 25.8. The molecule has 0 unspecified atom stereocenters. The van der Waals surface area contributed by atoms with E-state index in [0.717, 1.165) is 76.2 Å². The number of rotatable bonds is 3. The van der Waals surface area contributed by atoms with Crippen LogP contribution in [0.2, 0.25) is 0 Å². The summed E-state index contributed by atoms with van der Waals surface area (Å²) in [6, 6.07) is 49.3. The molecule has 0 spiro atoms. The fourth-order valence-electron chi connectivity index (χ4n) is 7.53. The summed E-state index contributed by atoms with van der Waals surface area (Å²) in [4.78, 5) is 10.9. The molecule has 0 fully saturated rings. The van der Waals surface area contributed by atoms with Gasteiger partial charge in [0.1, 0.15) is 11.2 Å². The quantitative estimate of drug-likeness (QED) is 0.198. The number of hydrogen-bond donors (Lipinski definition) is 0. The normalized spacial score (nSPS) is 12.3. The first kappa shape index (κ1) is 25.2. The highest BCUT2D eigenvalue weighted by atomic mass is 32.1. The topological polar surface area (TPSA) is 43.9 Å². The molecule has 0 saturated carbocycles. The van der Waals surface area contributed by atoms with Gasteiger partial charge in [0.05, 0.1) is 26.9 Å². The van der Waals surface area contributed by atoms with Crippen LogP contribution >= 0.6 is 11.3 Å². The zero-order valence-electron chi connectivity index (χ0n) is 24.9. The molecule has 0 N–H and O–H groups in total. The van der Waals surface area contributed by atoms with E-state index >= 15 is 0 Å². The number of fused-ring (bicyclic) bond motifs is 3. The third-order valence-electron chi connectivity index (χ3n) is 9.57. The molecule has 4 heterocycles. The second kappa shape index (κ2) is 9.25. The maximum atomic E-state index is 6.64. The Labute approximate surface area is 272 Å². The van der Waals surface area contributed by atoms with Crippen LogP contribution in [0.3, 0.4) is 0 Å². The average Bonchev–Trinajstić information content (AvgIpc) is 3.63. The second-order valence-electron chi connectivity index (χ2n) is 12.2. The molecule has 0 radical (unpaired) electrons. The summed E-state index contributed by atoms with van der Waals surface area (Å²) in [6.45, 7) is 0. The third kappa shape index (κ3) is 3.46. The first-order valence-electron chi connectivity index (χ1n) is 15.8. The largest absolute Gasteiger partial charge is 0.456 e. The van der Waals surface area contributed by atoms with Crippen molar-refractivity contribution in [2.45, 2.75) is 0 Å². The standard InChI is InChI=1S/C42H23N3OS/c1-2-9-24(10-3-1)27-13-6-14-28(23-27)39-41-40(29-15-4-5-18-34(29)47-41)44-42(43-39)45-30-21-19-25-11-7-16-32-35(25)37(30)38-31(45)22-20-26-12-8-17-33(46-32)36(26)38/h1-23H. The van der Waals surface area contributed by atoms with E-state index in [0.29, 0.717) is 5.95 Å². The predicted octanol–water partition coefficient (Wildman–Crippen LogP) is 11.8. The summed E-state index contributed by atoms with van der Waals surface area (Å²) < 4.78 is 11.2. The molecule has 0 atom stereocenters. The first-order valence-corrected chi connectivity index (χ1v) is 16.6. The number of benzene rings is 7. The molecule has 0 aliphatic carbocycles. The highest BCUT2D eigenvalue weighted by molar-refractivity contribution is 7.26. The molecule has 0 saturated heterocycles. The molecular weight excluding hydrogens is 595 g/mol. The van der Waals surface area contributed by atoms with Gasteiger partial charge in [-0.05, 0) is 58.3 Å². The monoisotopic (exact) mass is 617 g/mol. The van der Waals surface area contributed by atoms with Crippen molar-refractivity contribution in [1.82, 2.24) is 14.5 Å². The third-order valence-corrected chi connectivity index (χ3v) is 10.7. The van der Waals surface area contributed by atoms with Crippen LogP contribution in [0.25, 0.3) is 103 Å². The maximum Gasteiger partial charge on any atom is 0.235 e. The molecule has 5 heteroatoms. The smallest absolute Gasteiger partial charge is 0.235 e. The molecule has 47 heavy (non-hydrogen) atoms. The van der Waals surface area contributed by atoms with E-state index in [1.54, 1.807) is 11.3 Å². The van der Waals surface area contributed by atoms with Crippen LogP contribution in [0.15, 0.2) is 144 Å². The van der Waals surface area contributed by atoms with Crippen LogP contribution in [0, 0.1) is 0 Å². The Balaban J connectivity index is 1.30. The van der Waals surface area contributed by atoms with Crippen molar-refractivity contribution in [3.63, 3.8) is 0 Å². The van der Waals surface area contributed by atoms with Gasteiger partial charge in [-0.15, -0.1) is 11.3 Å². The number of thiophene rings is 1. The van der Waals surface area contributed by atoms with Crippen LogP contribution in [0.4, 0.5) is 0 Å². The average molecular weight is 618 g/mol. The molecule has 11 rings (SSSR count). The van der Waals surface area contributed by atoms with Crippen molar-refractivity contribution in [3.05, 3.63) is 140 Å². The Bertz CT molecular complexity index is 2920. The number of aromatic nitrogens is 3. The van der Waals surface area contributed by atoms with Crippen LogP contribution in [-0.2, 0) is 0 Å². The molecule has 4 nitrogen and oxygen atoms in total. The van der Waals surface area contributed by atoms with Gasteiger partial charge in [-0.25, -0.2) is 9.97 Å². The van der Waals surface area contributed by atoms with Crippen LogP contribution in [-0.4, -0.2) is 14.5 Å². The first-order chi connectivity index (χ1) is 23.3. The van der Waals surface area contributed by atoms with E-state index in [1.165, 1.54) is 21.0 Å². The minimum absolute atomic E-state index is 0.663. The van der Waals surface area contributed by atoms with E-state index in [4.69, 9.17) is 14.4 Å². The molecule has 7 aromatic carbocycles. The molecule has 218 valence electrons. The Morgan fingerprint density at radius 3 is 1.89 bits per heavy atom. The van der Waals surface area contributed by atoms with Crippen molar-refractivity contribution in [2.75, 3.05) is 0 Å². The Morgan fingerprint density at radius 2 is 1.15 bits per heavy atom. The van der Waals surface area contributed by atoms with Crippen molar-refractivity contribution >= 4 is 86.2 Å². The van der Waals surface area contributed by atoms with Gasteiger partial charge in [0.25, 0.3) is 0 Å². The summed E-state index contributed by atoms with van der Waals surface area (Å²) in [6.07, 6.45) is 0. The van der Waals surface area contributed by atoms with Crippen molar-refractivity contribution in [2.24, 2.45) is 0 Å². The van der Waals surface area contributed by atoms with E-state index in [-0.39, 0.29) is 0 Å². The summed E-state index contributed by atoms with van der Waals surface area (Å²) in [7, 11) is 0. The van der Waals surface area contributed by atoms with E-state index < -0.39 is 0 Å². The SMILES string of the molecule is c1ccc(-c2cccc(-c3nc(-n4c5ccc6cccc7oc8cccc9ccc4c(c98)c5c67)nc4c3sc3ccccc34)c2)cc1. The van der Waals surface area contributed by atoms with Crippen molar-refractivity contribution in [3.8, 4) is 28.3 Å². The molecule has 0 amide bonds. The number of hydrogen-bond acceptors (Lipinski definition) is 4. The summed E-state index contributed by atoms with van der Waals surface area (Å²) in [5, 5.41) is 8.04. The van der Waals surface area contributed by atoms with Crippen LogP contribution in [0.1, 0.15) is 0 Å². The van der Waals surface area contributed by atoms with Gasteiger partial charge in [0.2, 0.25) is 5.95 Å². The van der Waals surface area contributed by atoms with Crippen LogP contribution < -0.4 is 0 Å². The van der Waals surface area contributed by atoms with Crippen molar-refractivity contribution in [1.29, 1.82) is 0 Å². The van der Waals surface area contributed by atoms with Gasteiger partial charge < -0.3 is 4.42 Å². The Kier molecular flexibility index (Phi) is 4.96. The summed E-state index contributed by atoms with van der Waals surface area (Å²) in [5.74, 6) is 0.663. The molecule has 0 aliphatic heterocycles. The van der Waals surface area contributed by atoms with Crippen LogP contribution in [0.5, 0.6) is 0 Å². The predicted molar refractivity (Wildman–Crippen MR) is 196 cm³/mol. The van der Waals surface area contributed by atoms with Crippen molar-refractivity contribution < 1.29 is 4.42 Å².